The Balaban J connectivity index is 2.25. The SMILES string of the molecule is CCc1ccc(OCc2c(I)cccc2C(C)C(=S)NC)c(C)c1. The smallest absolute Gasteiger partial charge is 0.122 e. The van der Waals surface area contributed by atoms with E-state index in [9.17, 15) is 0 Å². The summed E-state index contributed by atoms with van der Waals surface area (Å²) in [5.74, 6) is 1.11. The van der Waals surface area contributed by atoms with Crippen LogP contribution in [0.1, 0.15) is 42.0 Å². The molecule has 0 spiro atoms. The van der Waals surface area contributed by atoms with Crippen LogP contribution in [0, 0.1) is 10.5 Å². The van der Waals surface area contributed by atoms with Crippen molar-refractivity contribution in [2.24, 2.45) is 0 Å². The lowest BCUT2D eigenvalue weighted by atomic mass is 9.96. The molecular weight excluding hydrogens is 429 g/mol. The Morgan fingerprint density at radius 1 is 1.29 bits per heavy atom. The summed E-state index contributed by atoms with van der Waals surface area (Å²) in [6.07, 6.45) is 1.04. The van der Waals surface area contributed by atoms with Gasteiger partial charge in [-0.15, -0.1) is 0 Å². The molecule has 0 heterocycles. The van der Waals surface area contributed by atoms with Crippen LogP contribution < -0.4 is 10.1 Å². The van der Waals surface area contributed by atoms with E-state index in [1.807, 2.05) is 7.05 Å². The third kappa shape index (κ3) is 4.48. The summed E-state index contributed by atoms with van der Waals surface area (Å²) < 4.78 is 7.35. The zero-order valence-electron chi connectivity index (χ0n) is 14.7. The molecule has 2 aromatic carbocycles. The standard InChI is InChI=1S/C20H24INOS/c1-5-15-9-10-19(13(2)11-15)23-12-17-16(7-6-8-18(17)21)14(3)20(24)22-4/h6-11,14H,5,12H2,1-4H3,(H,22,24). The predicted octanol–water partition coefficient (Wildman–Crippen LogP) is 5.39. The summed E-state index contributed by atoms with van der Waals surface area (Å²) in [5.41, 5.74) is 4.95. The third-order valence-corrected chi connectivity index (χ3v) is 5.85. The lowest BCUT2D eigenvalue weighted by Crippen LogP contribution is -2.23. The molecule has 4 heteroatoms. The van der Waals surface area contributed by atoms with Gasteiger partial charge in [-0.25, -0.2) is 0 Å². The van der Waals surface area contributed by atoms with Gasteiger partial charge in [0.05, 0.1) is 4.99 Å². The molecule has 0 bridgehead atoms. The summed E-state index contributed by atoms with van der Waals surface area (Å²) in [5, 5.41) is 3.09. The largest absolute Gasteiger partial charge is 0.489 e. The maximum atomic E-state index is 6.14. The first-order chi connectivity index (χ1) is 11.5. The predicted molar refractivity (Wildman–Crippen MR) is 114 cm³/mol. The molecule has 2 aromatic rings. The van der Waals surface area contributed by atoms with E-state index in [1.165, 1.54) is 25.8 Å². The summed E-state index contributed by atoms with van der Waals surface area (Å²) in [4.78, 5) is 0.849. The number of hydrogen-bond acceptors (Lipinski definition) is 2. The number of halogens is 1. The Morgan fingerprint density at radius 3 is 2.67 bits per heavy atom. The van der Waals surface area contributed by atoms with Gasteiger partial charge < -0.3 is 10.1 Å². The third-order valence-electron chi connectivity index (χ3n) is 4.28. The number of likely N-dealkylation sites (N-methyl/N-ethyl adjacent to an activating group) is 1. The van der Waals surface area contributed by atoms with Gasteiger partial charge in [-0.05, 0) is 64.8 Å². The first kappa shape index (κ1) is 19.2. The highest BCUT2D eigenvalue weighted by Crippen LogP contribution is 2.28. The first-order valence-corrected chi connectivity index (χ1v) is 9.67. The Kier molecular flexibility index (Phi) is 7.04. The van der Waals surface area contributed by atoms with Crippen LogP contribution in [0.3, 0.4) is 0 Å². The zero-order chi connectivity index (χ0) is 17.7. The monoisotopic (exact) mass is 453 g/mol. The quantitative estimate of drug-likeness (QED) is 0.468. The van der Waals surface area contributed by atoms with E-state index >= 15 is 0 Å². The van der Waals surface area contributed by atoms with Crippen molar-refractivity contribution in [3.63, 3.8) is 0 Å². The van der Waals surface area contributed by atoms with E-state index in [-0.39, 0.29) is 5.92 Å². The van der Waals surface area contributed by atoms with Crippen LogP contribution >= 0.6 is 34.8 Å². The van der Waals surface area contributed by atoms with E-state index in [0.29, 0.717) is 6.61 Å². The second-order valence-electron chi connectivity index (χ2n) is 5.89. The molecule has 1 unspecified atom stereocenters. The van der Waals surface area contributed by atoms with E-state index in [4.69, 9.17) is 17.0 Å². The van der Waals surface area contributed by atoms with Crippen LogP contribution in [0.5, 0.6) is 5.75 Å². The molecule has 0 aliphatic rings. The molecule has 0 amide bonds. The molecule has 0 saturated heterocycles. The summed E-state index contributed by atoms with van der Waals surface area (Å²) in [6.45, 7) is 6.95. The number of rotatable bonds is 6. The molecule has 2 rings (SSSR count). The fraction of sp³-hybridized carbons (Fsp3) is 0.350. The number of benzene rings is 2. The van der Waals surface area contributed by atoms with Crippen molar-refractivity contribution in [2.45, 2.75) is 39.7 Å². The van der Waals surface area contributed by atoms with Crippen molar-refractivity contribution in [1.29, 1.82) is 0 Å². The van der Waals surface area contributed by atoms with Crippen LogP contribution in [0.2, 0.25) is 0 Å². The second-order valence-corrected chi connectivity index (χ2v) is 7.49. The number of aryl methyl sites for hydroxylation is 2. The van der Waals surface area contributed by atoms with Crippen molar-refractivity contribution in [3.8, 4) is 5.75 Å². The number of nitrogens with one attached hydrogen (secondary N) is 1. The summed E-state index contributed by atoms with van der Waals surface area (Å²) >= 11 is 7.81. The molecule has 24 heavy (non-hydrogen) atoms. The molecule has 1 N–H and O–H groups in total. The maximum absolute atomic E-state index is 6.14. The molecular formula is C20H24INOS. The molecule has 0 radical (unpaired) electrons. The highest BCUT2D eigenvalue weighted by molar-refractivity contribution is 14.1. The van der Waals surface area contributed by atoms with E-state index in [1.54, 1.807) is 0 Å². The fourth-order valence-electron chi connectivity index (χ4n) is 2.73. The highest BCUT2D eigenvalue weighted by Gasteiger charge is 2.17. The Morgan fingerprint density at radius 2 is 2.04 bits per heavy atom. The molecule has 0 saturated carbocycles. The Labute approximate surface area is 164 Å². The molecule has 128 valence electrons. The van der Waals surface area contributed by atoms with Crippen LogP contribution in [0.25, 0.3) is 0 Å². The van der Waals surface area contributed by atoms with Gasteiger partial charge in [0.25, 0.3) is 0 Å². The van der Waals surface area contributed by atoms with Crippen molar-refractivity contribution in [1.82, 2.24) is 5.32 Å². The van der Waals surface area contributed by atoms with Crippen LogP contribution in [0.4, 0.5) is 0 Å². The lowest BCUT2D eigenvalue weighted by molar-refractivity contribution is 0.302. The van der Waals surface area contributed by atoms with Gasteiger partial charge in [-0.1, -0.05) is 50.3 Å². The van der Waals surface area contributed by atoms with Gasteiger partial charge in [-0.2, -0.15) is 0 Å². The molecule has 0 aliphatic heterocycles. The lowest BCUT2D eigenvalue weighted by Gasteiger charge is -2.19. The van der Waals surface area contributed by atoms with E-state index in [0.717, 1.165) is 17.2 Å². The van der Waals surface area contributed by atoms with E-state index < -0.39 is 0 Å². The van der Waals surface area contributed by atoms with Gasteiger partial charge in [0.2, 0.25) is 0 Å². The molecule has 0 aliphatic carbocycles. The van der Waals surface area contributed by atoms with Gasteiger partial charge in [0, 0.05) is 22.1 Å². The van der Waals surface area contributed by atoms with Gasteiger partial charge in [-0.3, -0.25) is 0 Å². The molecule has 1 atom stereocenters. The van der Waals surface area contributed by atoms with E-state index in [2.05, 4.69) is 85.1 Å². The van der Waals surface area contributed by atoms with Crippen molar-refractivity contribution in [2.75, 3.05) is 7.05 Å². The normalized spacial score (nSPS) is 11.9. The second kappa shape index (κ2) is 8.81. The minimum absolute atomic E-state index is 0.168. The van der Waals surface area contributed by atoms with Crippen LogP contribution in [0.15, 0.2) is 36.4 Å². The first-order valence-electron chi connectivity index (χ1n) is 8.19. The Hall–Kier alpha value is -1.14. The minimum atomic E-state index is 0.168. The average molecular weight is 453 g/mol. The highest BCUT2D eigenvalue weighted by atomic mass is 127. The molecule has 0 fully saturated rings. The number of hydrogen-bond donors (Lipinski definition) is 1. The maximum Gasteiger partial charge on any atom is 0.122 e. The topological polar surface area (TPSA) is 21.3 Å². The number of ether oxygens (including phenoxy) is 1. The molecule has 2 nitrogen and oxygen atoms in total. The summed E-state index contributed by atoms with van der Waals surface area (Å²) in [7, 11) is 1.88. The van der Waals surface area contributed by atoms with Crippen molar-refractivity contribution >= 4 is 39.8 Å². The van der Waals surface area contributed by atoms with Crippen molar-refractivity contribution < 1.29 is 4.74 Å². The Bertz CT molecular complexity index is 730. The van der Waals surface area contributed by atoms with Crippen LogP contribution in [-0.4, -0.2) is 12.0 Å². The fourth-order valence-corrected chi connectivity index (χ4v) is 3.54. The van der Waals surface area contributed by atoms with Gasteiger partial charge in [0.1, 0.15) is 12.4 Å². The number of thiocarbonyl (C=S) groups is 1. The average Bonchev–Trinajstić information content (AvgIpc) is 2.59. The van der Waals surface area contributed by atoms with Crippen LogP contribution in [-0.2, 0) is 13.0 Å². The summed E-state index contributed by atoms with van der Waals surface area (Å²) in [6, 6.07) is 12.7. The van der Waals surface area contributed by atoms with Gasteiger partial charge in [0.15, 0.2) is 0 Å². The molecule has 0 aromatic heterocycles. The zero-order valence-corrected chi connectivity index (χ0v) is 17.6. The van der Waals surface area contributed by atoms with Gasteiger partial charge >= 0.3 is 0 Å². The van der Waals surface area contributed by atoms with Crippen molar-refractivity contribution in [3.05, 3.63) is 62.2 Å². The minimum Gasteiger partial charge on any atom is -0.489 e.